The van der Waals surface area contributed by atoms with Gasteiger partial charge in [-0.05, 0) is 59.2 Å². The van der Waals surface area contributed by atoms with Crippen molar-refractivity contribution >= 4 is 14.6 Å². The van der Waals surface area contributed by atoms with Gasteiger partial charge in [0.1, 0.15) is 5.76 Å². The number of fused-ring (bicyclic) bond motifs is 1. The fraction of sp³-hybridized carbons (Fsp3) is 0.800. The molecule has 0 radical (unpaired) electrons. The highest BCUT2D eigenvalue weighted by Crippen LogP contribution is 2.41. The van der Waals surface area contributed by atoms with Crippen LogP contribution in [-0.2, 0) is 18.6 Å². The minimum atomic E-state index is -2.07. The van der Waals surface area contributed by atoms with Gasteiger partial charge in [-0.1, -0.05) is 0 Å². The van der Waals surface area contributed by atoms with E-state index in [2.05, 4.69) is 18.0 Å². The van der Waals surface area contributed by atoms with Crippen molar-refractivity contribution in [3.05, 3.63) is 11.8 Å². The summed E-state index contributed by atoms with van der Waals surface area (Å²) in [4.78, 5) is 23.7. The SMILES string of the molecule is CN1CCC2CCC(OP(O)OCOC(=O)C(C)(C)C)=CC21. The normalized spacial score (nSPS) is 27.0. The molecule has 1 N–H and O–H groups in total. The summed E-state index contributed by atoms with van der Waals surface area (Å²) >= 11 is 0. The third-order valence-electron chi connectivity index (χ3n) is 4.12. The smallest absolute Gasteiger partial charge is 0.397 e. The quantitative estimate of drug-likeness (QED) is 0.475. The molecule has 6 nitrogen and oxygen atoms in total. The molecule has 0 aromatic rings. The summed E-state index contributed by atoms with van der Waals surface area (Å²) in [5.74, 6) is 1.09. The molecule has 1 aliphatic carbocycles. The molecule has 2 rings (SSSR count). The number of hydrogen-bond acceptors (Lipinski definition) is 6. The Balaban J connectivity index is 1.74. The summed E-state index contributed by atoms with van der Waals surface area (Å²) < 4.78 is 15.4. The van der Waals surface area contributed by atoms with Crippen LogP contribution in [0.3, 0.4) is 0 Å². The van der Waals surface area contributed by atoms with Gasteiger partial charge in [-0.15, -0.1) is 0 Å². The Hall–Kier alpha value is -0.680. The summed E-state index contributed by atoms with van der Waals surface area (Å²) in [6.45, 7) is 6.09. The van der Waals surface area contributed by atoms with Crippen LogP contribution in [0.5, 0.6) is 0 Å². The molecule has 1 fully saturated rings. The zero-order chi connectivity index (χ0) is 16.3. The van der Waals surface area contributed by atoms with E-state index in [1.807, 2.05) is 0 Å². The first-order valence-electron chi connectivity index (χ1n) is 7.65. The number of hydrogen-bond donors (Lipinski definition) is 1. The molecule has 0 spiro atoms. The molecule has 0 aromatic carbocycles. The molecule has 0 amide bonds. The van der Waals surface area contributed by atoms with Gasteiger partial charge in [0.25, 0.3) is 0 Å². The monoisotopic (exact) mass is 331 g/mol. The zero-order valence-electron chi connectivity index (χ0n) is 13.7. The van der Waals surface area contributed by atoms with Gasteiger partial charge >= 0.3 is 14.6 Å². The first-order chi connectivity index (χ1) is 10.3. The number of esters is 1. The summed E-state index contributed by atoms with van der Waals surface area (Å²) in [6, 6.07) is 0.394. The average molecular weight is 331 g/mol. The highest BCUT2D eigenvalue weighted by atomic mass is 31.2. The lowest BCUT2D eigenvalue weighted by atomic mass is 9.89. The molecular formula is C15H26NO5P. The molecule has 1 saturated heterocycles. The Labute approximate surface area is 133 Å². The van der Waals surface area contributed by atoms with Gasteiger partial charge < -0.3 is 14.2 Å². The molecule has 7 heteroatoms. The maximum absolute atomic E-state index is 11.6. The van der Waals surface area contributed by atoms with Crippen molar-refractivity contribution < 1.29 is 23.5 Å². The minimum absolute atomic E-state index is 0.294. The molecule has 2 aliphatic rings. The van der Waals surface area contributed by atoms with Crippen LogP contribution in [0.25, 0.3) is 0 Å². The summed E-state index contributed by atoms with van der Waals surface area (Å²) in [7, 11) is 0.0393. The largest absolute Gasteiger partial charge is 0.438 e. The first-order valence-corrected chi connectivity index (χ1v) is 8.78. The number of nitrogens with zero attached hydrogens (tertiary/aromatic N) is 1. The van der Waals surface area contributed by atoms with E-state index < -0.39 is 14.0 Å². The maximum Gasteiger partial charge on any atom is 0.397 e. The summed E-state index contributed by atoms with van der Waals surface area (Å²) in [5, 5.41) is 0. The zero-order valence-corrected chi connectivity index (χ0v) is 14.6. The Kier molecular flexibility index (Phi) is 5.83. The van der Waals surface area contributed by atoms with Gasteiger partial charge in [-0.3, -0.25) is 14.2 Å². The van der Waals surface area contributed by atoms with E-state index in [4.69, 9.17) is 13.8 Å². The lowest BCUT2D eigenvalue weighted by Gasteiger charge is -2.28. The van der Waals surface area contributed by atoms with Gasteiger partial charge in [0, 0.05) is 12.5 Å². The van der Waals surface area contributed by atoms with Crippen LogP contribution < -0.4 is 0 Å². The summed E-state index contributed by atoms with van der Waals surface area (Å²) in [5.41, 5.74) is -0.587. The van der Waals surface area contributed by atoms with E-state index in [9.17, 15) is 9.69 Å². The number of allylic oxidation sites excluding steroid dienone is 1. The fourth-order valence-electron chi connectivity index (χ4n) is 2.77. The number of rotatable bonds is 5. The predicted molar refractivity (Wildman–Crippen MR) is 83.6 cm³/mol. The second-order valence-corrected chi connectivity index (χ2v) is 7.87. The Morgan fingerprint density at radius 1 is 1.45 bits per heavy atom. The number of likely N-dealkylation sites (N-methyl/N-ethyl adjacent to an activating group) is 1. The van der Waals surface area contributed by atoms with Crippen molar-refractivity contribution in [2.24, 2.45) is 11.3 Å². The second kappa shape index (κ2) is 7.26. The molecular weight excluding hydrogens is 305 g/mol. The Morgan fingerprint density at radius 2 is 2.18 bits per heavy atom. The fourth-order valence-corrected chi connectivity index (χ4v) is 3.32. The number of likely N-dealkylation sites (tertiary alicyclic amines) is 1. The number of ether oxygens (including phenoxy) is 1. The molecule has 0 bridgehead atoms. The third-order valence-corrected chi connectivity index (χ3v) is 4.84. The molecule has 0 saturated carbocycles. The third kappa shape index (κ3) is 4.66. The number of carbonyl (C=O) groups is 1. The van der Waals surface area contributed by atoms with Crippen molar-refractivity contribution in [3.8, 4) is 0 Å². The lowest BCUT2D eigenvalue weighted by Crippen LogP contribution is -2.30. The second-order valence-electron chi connectivity index (χ2n) is 6.95. The van der Waals surface area contributed by atoms with Crippen molar-refractivity contribution in [2.75, 3.05) is 20.4 Å². The van der Waals surface area contributed by atoms with E-state index in [-0.39, 0.29) is 12.8 Å². The molecule has 126 valence electrons. The van der Waals surface area contributed by atoms with Gasteiger partial charge in [-0.25, -0.2) is 0 Å². The predicted octanol–water partition coefficient (Wildman–Crippen LogP) is 2.78. The molecule has 1 aliphatic heterocycles. The Morgan fingerprint density at radius 3 is 2.86 bits per heavy atom. The van der Waals surface area contributed by atoms with Crippen LogP contribution in [0.15, 0.2) is 11.8 Å². The average Bonchev–Trinajstić information content (AvgIpc) is 2.79. The summed E-state index contributed by atoms with van der Waals surface area (Å²) in [6.07, 6.45) is 5.19. The number of carbonyl (C=O) groups excluding carboxylic acids is 1. The van der Waals surface area contributed by atoms with Gasteiger partial charge in [0.2, 0.25) is 6.79 Å². The molecule has 3 atom stereocenters. The molecule has 3 unspecified atom stereocenters. The van der Waals surface area contributed by atoms with Crippen molar-refractivity contribution in [2.45, 2.75) is 46.1 Å². The molecule has 1 heterocycles. The van der Waals surface area contributed by atoms with E-state index in [0.717, 1.165) is 25.1 Å². The van der Waals surface area contributed by atoms with Crippen LogP contribution in [0, 0.1) is 11.3 Å². The lowest BCUT2D eigenvalue weighted by molar-refractivity contribution is -0.159. The van der Waals surface area contributed by atoms with E-state index in [1.165, 1.54) is 6.42 Å². The van der Waals surface area contributed by atoms with Gasteiger partial charge in [-0.2, -0.15) is 0 Å². The van der Waals surface area contributed by atoms with Crippen LogP contribution in [-0.4, -0.2) is 42.2 Å². The van der Waals surface area contributed by atoms with Crippen LogP contribution in [0.4, 0.5) is 0 Å². The minimum Gasteiger partial charge on any atom is -0.438 e. The topological polar surface area (TPSA) is 68.2 Å². The van der Waals surface area contributed by atoms with E-state index in [1.54, 1.807) is 20.8 Å². The van der Waals surface area contributed by atoms with Crippen LogP contribution in [0.2, 0.25) is 0 Å². The van der Waals surface area contributed by atoms with Crippen LogP contribution >= 0.6 is 8.60 Å². The van der Waals surface area contributed by atoms with Crippen molar-refractivity contribution in [1.82, 2.24) is 4.90 Å². The van der Waals surface area contributed by atoms with Crippen LogP contribution in [0.1, 0.15) is 40.0 Å². The first kappa shape index (κ1) is 17.7. The van der Waals surface area contributed by atoms with Gasteiger partial charge in [0.05, 0.1) is 5.41 Å². The van der Waals surface area contributed by atoms with E-state index in [0.29, 0.717) is 12.0 Å². The highest BCUT2D eigenvalue weighted by molar-refractivity contribution is 7.40. The molecule has 22 heavy (non-hydrogen) atoms. The van der Waals surface area contributed by atoms with Gasteiger partial charge in [0.15, 0.2) is 0 Å². The van der Waals surface area contributed by atoms with E-state index >= 15 is 0 Å². The van der Waals surface area contributed by atoms with Crippen molar-refractivity contribution in [1.29, 1.82) is 0 Å². The maximum atomic E-state index is 11.6. The van der Waals surface area contributed by atoms with Crippen molar-refractivity contribution in [3.63, 3.8) is 0 Å². The highest BCUT2D eigenvalue weighted by Gasteiger charge is 2.34. The molecule has 0 aromatic heterocycles. The standard InChI is InChI=1S/C15H26NO5P/c1-15(2,3)14(17)19-10-20-22(18)21-12-6-5-11-7-8-16(4)13(11)9-12/h9,11,13,18H,5-8,10H2,1-4H3. The Bertz CT molecular complexity index is 434.